The summed E-state index contributed by atoms with van der Waals surface area (Å²) in [6.07, 6.45) is 7.82. The van der Waals surface area contributed by atoms with E-state index in [0.717, 1.165) is 42.1 Å². The minimum absolute atomic E-state index is 0.783. The van der Waals surface area contributed by atoms with Gasteiger partial charge in [-0.2, -0.15) is 0 Å². The number of aryl methyl sites for hydroxylation is 2. The summed E-state index contributed by atoms with van der Waals surface area (Å²) in [6.45, 7) is 6.59. The lowest BCUT2D eigenvalue weighted by molar-refractivity contribution is -0.873. The van der Waals surface area contributed by atoms with Crippen LogP contribution in [0, 0.1) is 0 Å². The Morgan fingerprint density at radius 2 is 2.07 bits per heavy atom. The van der Waals surface area contributed by atoms with Crippen molar-refractivity contribution in [3.8, 4) is 0 Å². The van der Waals surface area contributed by atoms with E-state index in [2.05, 4.69) is 79.5 Å². The van der Waals surface area contributed by atoms with E-state index in [1.807, 2.05) is 17.8 Å². The number of halogens is 1. The van der Waals surface area contributed by atoms with Crippen LogP contribution in [0.2, 0.25) is 5.02 Å². The topological polar surface area (TPSA) is 12.1 Å². The van der Waals surface area contributed by atoms with Crippen molar-refractivity contribution in [3.63, 3.8) is 0 Å². The van der Waals surface area contributed by atoms with Crippen molar-refractivity contribution in [1.29, 1.82) is 0 Å². The average molecular weight is 421 g/mol. The first-order valence-corrected chi connectivity index (χ1v) is 11.4. The van der Waals surface area contributed by atoms with Crippen molar-refractivity contribution >= 4 is 40.5 Å². The number of allylic oxidation sites excluding steroid dienone is 2. The normalized spacial score (nSPS) is 16.9. The Morgan fingerprint density at radius 1 is 1.29 bits per heavy atom. The number of imidazole rings is 1. The van der Waals surface area contributed by atoms with Gasteiger partial charge in [0.2, 0.25) is 0 Å². The van der Waals surface area contributed by atoms with Crippen molar-refractivity contribution in [3.05, 3.63) is 46.2 Å². The highest BCUT2D eigenvalue weighted by molar-refractivity contribution is 8.03. The molecule has 1 saturated heterocycles. The molecule has 1 aliphatic heterocycles. The van der Waals surface area contributed by atoms with E-state index in [1.165, 1.54) is 27.6 Å². The molecular weight excluding hydrogens is 388 g/mol. The molecule has 0 aliphatic carbocycles. The summed E-state index contributed by atoms with van der Waals surface area (Å²) in [7, 11) is 8.88. The lowest BCUT2D eigenvalue weighted by Crippen LogP contribution is -2.41. The van der Waals surface area contributed by atoms with E-state index in [-0.39, 0.29) is 0 Å². The number of benzene rings is 1. The molecule has 28 heavy (non-hydrogen) atoms. The molecule has 0 N–H and O–H groups in total. The van der Waals surface area contributed by atoms with Gasteiger partial charge in [-0.05, 0) is 25.1 Å². The van der Waals surface area contributed by atoms with Crippen LogP contribution < -0.4 is 4.57 Å². The Labute approximate surface area is 178 Å². The summed E-state index contributed by atoms with van der Waals surface area (Å²) in [5.74, 6) is 2.40. The zero-order chi connectivity index (χ0) is 20.3. The summed E-state index contributed by atoms with van der Waals surface area (Å²) >= 11 is 8.22. The van der Waals surface area contributed by atoms with Gasteiger partial charge in [-0.15, -0.1) is 11.8 Å². The molecule has 0 atom stereocenters. The summed E-state index contributed by atoms with van der Waals surface area (Å²) in [5.41, 5.74) is 2.42. The fourth-order valence-electron chi connectivity index (χ4n) is 3.71. The van der Waals surface area contributed by atoms with Gasteiger partial charge in [0.15, 0.2) is 11.0 Å². The Hall–Kier alpha value is -1.43. The van der Waals surface area contributed by atoms with E-state index in [0.29, 0.717) is 0 Å². The second kappa shape index (κ2) is 8.93. The number of hydrogen-bond donors (Lipinski definition) is 0. The first-order valence-electron chi connectivity index (χ1n) is 10.0. The molecule has 0 saturated carbocycles. The number of aromatic nitrogens is 2. The fraction of sp³-hybridized carbons (Fsp3) is 0.500. The Bertz CT molecular complexity index is 892. The maximum absolute atomic E-state index is 6.28. The highest BCUT2D eigenvalue weighted by Crippen LogP contribution is 2.27. The quantitative estimate of drug-likeness (QED) is 0.493. The fourth-order valence-corrected chi connectivity index (χ4v) is 4.97. The van der Waals surface area contributed by atoms with E-state index in [9.17, 15) is 0 Å². The van der Waals surface area contributed by atoms with Gasteiger partial charge < -0.3 is 9.38 Å². The smallest absolute Gasteiger partial charge is 0.282 e. The molecule has 0 radical (unpaired) electrons. The first-order chi connectivity index (χ1) is 13.3. The van der Waals surface area contributed by atoms with E-state index in [4.69, 9.17) is 11.6 Å². The van der Waals surface area contributed by atoms with Crippen molar-refractivity contribution in [2.24, 2.45) is 7.05 Å². The Kier molecular flexibility index (Phi) is 6.79. The van der Waals surface area contributed by atoms with Crippen LogP contribution >= 0.6 is 23.4 Å². The molecule has 0 unspecified atom stereocenters. The second-order valence-corrected chi connectivity index (χ2v) is 9.91. The lowest BCUT2D eigenvalue weighted by atomic mass is 10.3. The highest BCUT2D eigenvalue weighted by Gasteiger charge is 2.22. The van der Waals surface area contributed by atoms with Gasteiger partial charge in [0.25, 0.3) is 5.82 Å². The van der Waals surface area contributed by atoms with Gasteiger partial charge in [-0.25, -0.2) is 9.13 Å². The molecule has 1 fully saturated rings. The number of fused-ring (bicyclic) bond motifs is 1. The van der Waals surface area contributed by atoms with Crippen LogP contribution in [0.1, 0.15) is 19.2 Å². The van der Waals surface area contributed by atoms with Crippen molar-refractivity contribution in [2.75, 3.05) is 46.5 Å². The number of nitrogens with zero attached hydrogens (tertiary/aromatic N) is 4. The SMILES string of the molecule is CCN1CCSC1=CC=Cc1n(C)c2cc(Cl)ccc2[n+]1CCC[N+](C)(C)C. The molecule has 1 aromatic carbocycles. The molecule has 0 amide bonds. The summed E-state index contributed by atoms with van der Waals surface area (Å²) in [5, 5.41) is 2.15. The molecule has 0 spiro atoms. The molecule has 2 heterocycles. The predicted octanol–water partition coefficient (Wildman–Crippen LogP) is 4.14. The zero-order valence-electron chi connectivity index (χ0n) is 17.8. The number of quaternary nitrogens is 1. The molecule has 6 heteroatoms. The van der Waals surface area contributed by atoms with Gasteiger partial charge in [0, 0.05) is 42.4 Å². The van der Waals surface area contributed by atoms with Gasteiger partial charge >= 0.3 is 0 Å². The molecule has 2 aromatic rings. The van der Waals surface area contributed by atoms with Crippen LogP contribution in [0.3, 0.4) is 0 Å². The number of thioether (sulfide) groups is 1. The van der Waals surface area contributed by atoms with Crippen molar-refractivity contribution in [2.45, 2.75) is 19.9 Å². The Morgan fingerprint density at radius 3 is 2.79 bits per heavy atom. The van der Waals surface area contributed by atoms with E-state index >= 15 is 0 Å². The standard InChI is InChI=1S/C22H33ClN4S/c1-6-25-14-16-28-22(25)10-7-9-21-24(2)20-17-18(23)11-12-19(20)26(21)13-8-15-27(3,4)5/h7,9-12,17H,6,8,13-16H2,1-5H3/q+2. The largest absolute Gasteiger partial charge is 0.366 e. The highest BCUT2D eigenvalue weighted by atomic mass is 35.5. The molecule has 3 rings (SSSR count). The number of rotatable bonds is 7. The summed E-state index contributed by atoms with van der Waals surface area (Å²) < 4.78 is 5.66. The summed E-state index contributed by atoms with van der Waals surface area (Å²) in [6, 6.07) is 6.20. The molecule has 1 aromatic heterocycles. The van der Waals surface area contributed by atoms with Gasteiger partial charge in [0.1, 0.15) is 0 Å². The minimum Gasteiger partial charge on any atom is -0.366 e. The lowest BCUT2D eigenvalue weighted by Gasteiger charge is -2.23. The molecular formula is C22H33ClN4S+2. The van der Waals surface area contributed by atoms with Crippen LogP contribution in [-0.4, -0.2) is 60.5 Å². The Balaban J connectivity index is 1.93. The van der Waals surface area contributed by atoms with Crippen LogP contribution in [0.15, 0.2) is 35.4 Å². The van der Waals surface area contributed by atoms with Crippen LogP contribution in [0.4, 0.5) is 0 Å². The summed E-state index contributed by atoms with van der Waals surface area (Å²) in [4.78, 5) is 2.44. The van der Waals surface area contributed by atoms with Crippen molar-refractivity contribution < 1.29 is 9.05 Å². The third kappa shape index (κ3) is 4.94. The van der Waals surface area contributed by atoms with Crippen LogP contribution in [0.5, 0.6) is 0 Å². The third-order valence-electron chi connectivity index (χ3n) is 5.21. The predicted molar refractivity (Wildman–Crippen MR) is 122 cm³/mol. The molecule has 0 bridgehead atoms. The van der Waals surface area contributed by atoms with Gasteiger partial charge in [-0.1, -0.05) is 17.7 Å². The maximum Gasteiger partial charge on any atom is 0.282 e. The molecule has 4 nitrogen and oxygen atoms in total. The zero-order valence-corrected chi connectivity index (χ0v) is 19.4. The van der Waals surface area contributed by atoms with Crippen LogP contribution in [-0.2, 0) is 13.6 Å². The number of hydrogen-bond acceptors (Lipinski definition) is 2. The van der Waals surface area contributed by atoms with Gasteiger partial charge in [-0.3, -0.25) is 0 Å². The second-order valence-electron chi connectivity index (χ2n) is 8.36. The van der Waals surface area contributed by atoms with Crippen LogP contribution in [0.25, 0.3) is 17.1 Å². The van der Waals surface area contributed by atoms with E-state index < -0.39 is 0 Å². The van der Waals surface area contributed by atoms with Gasteiger partial charge in [0.05, 0.1) is 46.3 Å². The molecule has 152 valence electrons. The monoisotopic (exact) mass is 420 g/mol. The van der Waals surface area contributed by atoms with E-state index in [1.54, 1.807) is 0 Å². The third-order valence-corrected chi connectivity index (χ3v) is 6.52. The molecule has 1 aliphatic rings. The first kappa shape index (κ1) is 21.3. The van der Waals surface area contributed by atoms with Crippen molar-refractivity contribution in [1.82, 2.24) is 9.47 Å². The maximum atomic E-state index is 6.28. The average Bonchev–Trinajstić information content (AvgIpc) is 3.18. The minimum atomic E-state index is 0.783.